The molecular weight excluding hydrogens is 312 g/mol. The minimum absolute atomic E-state index is 0.215. The lowest BCUT2D eigenvalue weighted by Gasteiger charge is -2.16. The molecule has 120 valence electrons. The number of hydrogen-bond acceptors (Lipinski definition) is 2. The van der Waals surface area contributed by atoms with Crippen molar-refractivity contribution in [1.29, 1.82) is 0 Å². The molecule has 2 aromatic carbocycles. The topological polar surface area (TPSA) is 41.1 Å². The molecule has 2 N–H and O–H groups in total. The number of anilines is 2. The predicted octanol–water partition coefficient (Wildman–Crippen LogP) is 3.82. The summed E-state index contributed by atoms with van der Waals surface area (Å²) in [4.78, 5) is 12.2. The summed E-state index contributed by atoms with van der Waals surface area (Å²) in [6, 6.07) is 8.09. The predicted molar refractivity (Wildman–Crippen MR) is 77.6 cm³/mol. The van der Waals surface area contributed by atoms with E-state index in [0.717, 1.165) is 6.07 Å². The standard InChI is InChI=1S/C16H12F4N2O/c17-10-5-6-12-9(7-10)8-14(21-12)15(23)22-13-4-2-1-3-11(13)16(18,19)20/h1-7,14,21H,8H2,(H,22,23). The largest absolute Gasteiger partial charge is 0.418 e. The molecule has 3 nitrogen and oxygen atoms in total. The SMILES string of the molecule is O=C(Nc1ccccc1C(F)(F)F)C1Cc2cc(F)ccc2N1. The summed E-state index contributed by atoms with van der Waals surface area (Å²) in [7, 11) is 0. The van der Waals surface area contributed by atoms with Crippen molar-refractivity contribution < 1.29 is 22.4 Å². The summed E-state index contributed by atoms with van der Waals surface area (Å²) in [5.41, 5.74) is 0.0220. The monoisotopic (exact) mass is 324 g/mol. The highest BCUT2D eigenvalue weighted by Gasteiger charge is 2.34. The van der Waals surface area contributed by atoms with Crippen molar-refractivity contribution in [1.82, 2.24) is 0 Å². The molecule has 0 aliphatic carbocycles. The van der Waals surface area contributed by atoms with Gasteiger partial charge in [-0.15, -0.1) is 0 Å². The zero-order chi connectivity index (χ0) is 16.6. The first-order valence-electron chi connectivity index (χ1n) is 6.86. The summed E-state index contributed by atoms with van der Waals surface area (Å²) < 4.78 is 51.9. The van der Waals surface area contributed by atoms with Gasteiger partial charge in [-0.25, -0.2) is 4.39 Å². The number of fused-ring (bicyclic) bond motifs is 1. The van der Waals surface area contributed by atoms with Crippen LogP contribution in [0.5, 0.6) is 0 Å². The van der Waals surface area contributed by atoms with E-state index >= 15 is 0 Å². The van der Waals surface area contributed by atoms with Gasteiger partial charge in [0.25, 0.3) is 0 Å². The Labute approximate surface area is 129 Å². The number of rotatable bonds is 2. The van der Waals surface area contributed by atoms with Crippen LogP contribution in [0.25, 0.3) is 0 Å². The van der Waals surface area contributed by atoms with E-state index in [-0.39, 0.29) is 12.1 Å². The van der Waals surface area contributed by atoms with E-state index in [1.807, 2.05) is 0 Å². The van der Waals surface area contributed by atoms with E-state index in [1.165, 1.54) is 36.4 Å². The second kappa shape index (κ2) is 5.57. The van der Waals surface area contributed by atoms with Crippen LogP contribution in [-0.2, 0) is 17.4 Å². The molecule has 0 bridgehead atoms. The van der Waals surface area contributed by atoms with Crippen LogP contribution in [0.15, 0.2) is 42.5 Å². The number of carbonyl (C=O) groups excluding carboxylic acids is 1. The Kier molecular flexibility index (Phi) is 3.71. The van der Waals surface area contributed by atoms with Gasteiger partial charge in [-0.1, -0.05) is 12.1 Å². The molecule has 23 heavy (non-hydrogen) atoms. The number of carbonyl (C=O) groups is 1. The summed E-state index contributed by atoms with van der Waals surface area (Å²) in [5, 5.41) is 5.17. The smallest absolute Gasteiger partial charge is 0.373 e. The Hall–Kier alpha value is -2.57. The molecule has 0 aromatic heterocycles. The second-order valence-corrected chi connectivity index (χ2v) is 5.24. The molecular formula is C16H12F4N2O. The van der Waals surface area contributed by atoms with Crippen molar-refractivity contribution in [2.45, 2.75) is 18.6 Å². The summed E-state index contributed by atoms with van der Waals surface area (Å²) >= 11 is 0. The summed E-state index contributed by atoms with van der Waals surface area (Å²) in [6.07, 6.45) is -4.34. The van der Waals surface area contributed by atoms with Crippen molar-refractivity contribution in [2.24, 2.45) is 0 Å². The lowest BCUT2D eigenvalue weighted by atomic mass is 10.1. The Bertz CT molecular complexity index is 758. The molecule has 7 heteroatoms. The van der Waals surface area contributed by atoms with Crippen molar-refractivity contribution in [2.75, 3.05) is 10.6 Å². The molecule has 1 unspecified atom stereocenters. The average Bonchev–Trinajstić information content (AvgIpc) is 2.89. The number of benzene rings is 2. The first-order valence-corrected chi connectivity index (χ1v) is 6.86. The first-order chi connectivity index (χ1) is 10.8. The Balaban J connectivity index is 1.77. The van der Waals surface area contributed by atoms with Gasteiger partial charge in [0.2, 0.25) is 5.91 Å². The molecule has 0 saturated carbocycles. The summed E-state index contributed by atoms with van der Waals surface area (Å²) in [5.74, 6) is -1.02. The van der Waals surface area contributed by atoms with Gasteiger partial charge in [0.05, 0.1) is 11.3 Å². The molecule has 0 saturated heterocycles. The fourth-order valence-corrected chi connectivity index (χ4v) is 2.55. The van der Waals surface area contributed by atoms with Crippen molar-refractivity contribution in [3.63, 3.8) is 0 Å². The van der Waals surface area contributed by atoms with E-state index in [0.29, 0.717) is 11.3 Å². The van der Waals surface area contributed by atoms with Gasteiger partial charge >= 0.3 is 6.18 Å². The van der Waals surface area contributed by atoms with Crippen LogP contribution in [-0.4, -0.2) is 11.9 Å². The lowest BCUT2D eigenvalue weighted by Crippen LogP contribution is -2.33. The number of halogens is 4. The van der Waals surface area contributed by atoms with Crippen LogP contribution >= 0.6 is 0 Å². The first kappa shape index (κ1) is 15.3. The zero-order valence-corrected chi connectivity index (χ0v) is 11.7. The van der Waals surface area contributed by atoms with Gasteiger partial charge in [-0.2, -0.15) is 13.2 Å². The maximum atomic E-state index is 13.2. The fourth-order valence-electron chi connectivity index (χ4n) is 2.55. The minimum Gasteiger partial charge on any atom is -0.373 e. The molecule has 0 radical (unpaired) electrons. The lowest BCUT2D eigenvalue weighted by molar-refractivity contribution is -0.137. The third-order valence-corrected chi connectivity index (χ3v) is 3.63. The molecule has 0 fully saturated rings. The molecule has 1 aliphatic rings. The van der Waals surface area contributed by atoms with Crippen LogP contribution in [0.3, 0.4) is 0 Å². The van der Waals surface area contributed by atoms with Gasteiger partial charge in [-0.05, 0) is 35.9 Å². The average molecular weight is 324 g/mol. The zero-order valence-electron chi connectivity index (χ0n) is 11.7. The fraction of sp³-hybridized carbons (Fsp3) is 0.188. The Morgan fingerprint density at radius 2 is 1.91 bits per heavy atom. The van der Waals surface area contributed by atoms with Gasteiger partial charge in [0.15, 0.2) is 0 Å². The maximum Gasteiger partial charge on any atom is 0.418 e. The van der Waals surface area contributed by atoms with Gasteiger partial charge in [0, 0.05) is 12.1 Å². The van der Waals surface area contributed by atoms with Gasteiger partial charge < -0.3 is 10.6 Å². The van der Waals surface area contributed by atoms with E-state index in [2.05, 4.69) is 10.6 Å². The molecule has 3 rings (SSSR count). The van der Waals surface area contributed by atoms with Crippen molar-refractivity contribution >= 4 is 17.3 Å². The Morgan fingerprint density at radius 3 is 2.65 bits per heavy atom. The van der Waals surface area contributed by atoms with E-state index in [1.54, 1.807) is 0 Å². The minimum atomic E-state index is -4.56. The van der Waals surface area contributed by atoms with E-state index in [9.17, 15) is 22.4 Å². The number of amides is 1. The van der Waals surface area contributed by atoms with Crippen molar-refractivity contribution in [3.8, 4) is 0 Å². The molecule has 1 amide bonds. The van der Waals surface area contributed by atoms with Crippen molar-refractivity contribution in [3.05, 3.63) is 59.4 Å². The van der Waals surface area contributed by atoms with Gasteiger partial charge in [0.1, 0.15) is 11.9 Å². The molecule has 1 atom stereocenters. The van der Waals surface area contributed by atoms with Crippen LogP contribution in [0.1, 0.15) is 11.1 Å². The number of para-hydroxylation sites is 1. The van der Waals surface area contributed by atoms with Crippen LogP contribution < -0.4 is 10.6 Å². The molecule has 2 aromatic rings. The molecule has 1 aliphatic heterocycles. The number of alkyl halides is 3. The van der Waals surface area contributed by atoms with Gasteiger partial charge in [-0.3, -0.25) is 4.79 Å². The highest BCUT2D eigenvalue weighted by Crippen LogP contribution is 2.35. The Morgan fingerprint density at radius 1 is 1.17 bits per heavy atom. The summed E-state index contributed by atoms with van der Waals surface area (Å²) in [6.45, 7) is 0. The number of hydrogen-bond donors (Lipinski definition) is 2. The highest BCUT2D eigenvalue weighted by molar-refractivity contribution is 5.98. The molecule has 1 heterocycles. The highest BCUT2D eigenvalue weighted by atomic mass is 19.4. The maximum absolute atomic E-state index is 13.2. The number of nitrogens with one attached hydrogen (secondary N) is 2. The normalized spacial score (nSPS) is 16.6. The third-order valence-electron chi connectivity index (χ3n) is 3.63. The third kappa shape index (κ3) is 3.13. The van der Waals surface area contributed by atoms with E-state index in [4.69, 9.17) is 0 Å². The van der Waals surface area contributed by atoms with Crippen LogP contribution in [0, 0.1) is 5.82 Å². The quantitative estimate of drug-likeness (QED) is 0.825. The van der Waals surface area contributed by atoms with Crippen LogP contribution in [0.2, 0.25) is 0 Å². The van der Waals surface area contributed by atoms with Crippen LogP contribution in [0.4, 0.5) is 28.9 Å². The van der Waals surface area contributed by atoms with E-state index < -0.39 is 29.5 Å². The molecule has 0 spiro atoms. The second-order valence-electron chi connectivity index (χ2n) is 5.24.